The van der Waals surface area contributed by atoms with Crippen LogP contribution < -0.4 is 5.32 Å². The summed E-state index contributed by atoms with van der Waals surface area (Å²) in [4.78, 5) is 33.2. The van der Waals surface area contributed by atoms with Gasteiger partial charge in [-0.3, -0.25) is 9.59 Å². The average Bonchev–Trinajstić information content (AvgIpc) is 2.33. The molecule has 0 aromatic carbocycles. The number of rotatable bonds is 9. The van der Waals surface area contributed by atoms with E-state index in [1.807, 2.05) is 0 Å². The molecule has 2 N–H and O–H groups in total. The fraction of sp³-hybridized carbons (Fsp3) is 0.727. The molecule has 0 aromatic heterocycles. The molecule has 0 saturated heterocycles. The average molecular weight is 261 g/mol. The van der Waals surface area contributed by atoms with Crippen molar-refractivity contribution in [1.29, 1.82) is 0 Å². The molecule has 104 valence electrons. The second kappa shape index (κ2) is 9.41. The van der Waals surface area contributed by atoms with E-state index in [4.69, 9.17) is 9.84 Å². The largest absolute Gasteiger partial charge is 0.480 e. The first kappa shape index (κ1) is 16.4. The quantitative estimate of drug-likeness (QED) is 0.445. The third-order valence-corrected chi connectivity index (χ3v) is 2.25. The number of hydrogen-bond acceptors (Lipinski definition) is 5. The lowest BCUT2D eigenvalue weighted by molar-refractivity contribution is -0.144. The smallest absolute Gasteiger partial charge is 0.326 e. The summed E-state index contributed by atoms with van der Waals surface area (Å²) in [5.41, 5.74) is 0. The molecule has 0 rings (SSSR count). The van der Waals surface area contributed by atoms with Gasteiger partial charge in [0.25, 0.3) is 0 Å². The molecule has 0 heterocycles. The van der Waals surface area contributed by atoms with Gasteiger partial charge in [0.05, 0.1) is 7.11 Å². The third kappa shape index (κ3) is 7.61. The number of carboxylic acid groups (broad SMARTS) is 1. The number of carbonyl (C=O) groups is 3. The van der Waals surface area contributed by atoms with Gasteiger partial charge >= 0.3 is 11.9 Å². The Morgan fingerprint density at radius 1 is 1.22 bits per heavy atom. The highest BCUT2D eigenvalue weighted by atomic mass is 16.5. The van der Waals surface area contributed by atoms with E-state index in [0.29, 0.717) is 13.0 Å². The van der Waals surface area contributed by atoms with Gasteiger partial charge < -0.3 is 19.9 Å². The van der Waals surface area contributed by atoms with Crippen LogP contribution in [-0.4, -0.2) is 49.8 Å². The van der Waals surface area contributed by atoms with Crippen LogP contribution in [0.1, 0.15) is 25.7 Å². The Balaban J connectivity index is 4.06. The lowest BCUT2D eigenvalue weighted by atomic mass is 10.1. The number of aliphatic carboxylic acids is 1. The number of hydrogen-bond donors (Lipinski definition) is 2. The lowest BCUT2D eigenvalue weighted by Gasteiger charge is -2.13. The Bertz CT molecular complexity index is 291. The van der Waals surface area contributed by atoms with Crippen LogP contribution in [0.5, 0.6) is 0 Å². The van der Waals surface area contributed by atoms with Crippen molar-refractivity contribution in [3.8, 4) is 0 Å². The number of ether oxygens (including phenoxy) is 2. The maximum Gasteiger partial charge on any atom is 0.326 e. The Morgan fingerprint density at radius 3 is 2.39 bits per heavy atom. The predicted octanol–water partition coefficient (Wildman–Crippen LogP) is -0.0644. The van der Waals surface area contributed by atoms with Crippen LogP contribution in [0.2, 0.25) is 0 Å². The third-order valence-electron chi connectivity index (χ3n) is 2.25. The second-order valence-corrected chi connectivity index (χ2v) is 3.67. The molecule has 7 nitrogen and oxygen atoms in total. The van der Waals surface area contributed by atoms with Crippen LogP contribution in [0.25, 0.3) is 0 Å². The van der Waals surface area contributed by atoms with Gasteiger partial charge in [-0.25, -0.2) is 4.79 Å². The van der Waals surface area contributed by atoms with Crippen molar-refractivity contribution in [1.82, 2.24) is 5.32 Å². The van der Waals surface area contributed by atoms with E-state index in [9.17, 15) is 14.4 Å². The highest BCUT2D eigenvalue weighted by Gasteiger charge is 2.20. The fourth-order valence-corrected chi connectivity index (χ4v) is 1.27. The van der Waals surface area contributed by atoms with Gasteiger partial charge in [-0.1, -0.05) is 0 Å². The maximum absolute atomic E-state index is 11.4. The minimum absolute atomic E-state index is 0.0119. The molecule has 0 bridgehead atoms. The molecule has 1 atom stereocenters. The molecule has 0 aromatic rings. The summed E-state index contributed by atoms with van der Waals surface area (Å²) < 4.78 is 9.18. The monoisotopic (exact) mass is 261 g/mol. The van der Waals surface area contributed by atoms with E-state index < -0.39 is 18.0 Å². The SMILES string of the molecule is COCCCC(=O)N[C@H](CCC(=O)OC)C(=O)O. The maximum atomic E-state index is 11.4. The van der Waals surface area contributed by atoms with Crippen LogP contribution in [0.3, 0.4) is 0 Å². The van der Waals surface area contributed by atoms with Gasteiger partial charge in [0.15, 0.2) is 0 Å². The van der Waals surface area contributed by atoms with Crippen molar-refractivity contribution in [2.24, 2.45) is 0 Å². The number of carboxylic acids is 1. The zero-order valence-corrected chi connectivity index (χ0v) is 10.6. The predicted molar refractivity (Wildman–Crippen MR) is 61.9 cm³/mol. The summed E-state index contributed by atoms with van der Waals surface area (Å²) in [6, 6.07) is -1.07. The van der Waals surface area contributed by atoms with Crippen molar-refractivity contribution in [2.45, 2.75) is 31.7 Å². The van der Waals surface area contributed by atoms with Gasteiger partial charge in [-0.05, 0) is 12.8 Å². The number of esters is 1. The standard InChI is InChI=1S/C11H19NO6/c1-17-7-3-4-9(13)12-8(11(15)16)5-6-10(14)18-2/h8H,3-7H2,1-2H3,(H,12,13)(H,15,16)/t8-/m1/s1. The van der Waals surface area contributed by atoms with Gasteiger partial charge in [0.2, 0.25) is 5.91 Å². The summed E-state index contributed by atoms with van der Waals surface area (Å²) in [6.45, 7) is 0.438. The Morgan fingerprint density at radius 2 is 1.89 bits per heavy atom. The Labute approximate surface area is 105 Å². The van der Waals surface area contributed by atoms with Crippen molar-refractivity contribution in [3.63, 3.8) is 0 Å². The summed E-state index contributed by atoms with van der Waals surface area (Å²) in [5, 5.41) is 11.2. The zero-order chi connectivity index (χ0) is 14.0. The lowest BCUT2D eigenvalue weighted by Crippen LogP contribution is -2.41. The van der Waals surface area contributed by atoms with Crippen molar-refractivity contribution in [3.05, 3.63) is 0 Å². The van der Waals surface area contributed by atoms with Crippen LogP contribution in [0.15, 0.2) is 0 Å². The van der Waals surface area contributed by atoms with Crippen LogP contribution in [-0.2, 0) is 23.9 Å². The molecule has 1 amide bonds. The van der Waals surface area contributed by atoms with E-state index in [1.165, 1.54) is 14.2 Å². The number of carbonyl (C=O) groups excluding carboxylic acids is 2. The van der Waals surface area contributed by atoms with Crippen LogP contribution >= 0.6 is 0 Å². The van der Waals surface area contributed by atoms with E-state index in [2.05, 4.69) is 10.1 Å². The van der Waals surface area contributed by atoms with E-state index in [0.717, 1.165) is 0 Å². The molecule has 0 saturated carbocycles. The molecular formula is C11H19NO6. The van der Waals surface area contributed by atoms with E-state index in [1.54, 1.807) is 0 Å². The summed E-state index contributed by atoms with van der Waals surface area (Å²) in [7, 11) is 2.75. The van der Waals surface area contributed by atoms with E-state index in [-0.39, 0.29) is 25.2 Å². The Kier molecular flexibility index (Phi) is 8.55. The molecule has 0 spiro atoms. The van der Waals surface area contributed by atoms with E-state index >= 15 is 0 Å². The Hall–Kier alpha value is -1.63. The van der Waals surface area contributed by atoms with Gasteiger partial charge in [-0.2, -0.15) is 0 Å². The minimum atomic E-state index is -1.17. The fourth-order valence-electron chi connectivity index (χ4n) is 1.27. The molecular weight excluding hydrogens is 242 g/mol. The first-order chi connectivity index (χ1) is 8.51. The molecule has 0 fully saturated rings. The highest BCUT2D eigenvalue weighted by Crippen LogP contribution is 2.01. The van der Waals surface area contributed by atoms with Gasteiger partial charge in [0.1, 0.15) is 6.04 Å². The number of nitrogens with one attached hydrogen (secondary N) is 1. The highest BCUT2D eigenvalue weighted by molar-refractivity contribution is 5.83. The molecule has 0 aliphatic carbocycles. The molecule has 0 aliphatic rings. The number of amides is 1. The molecule has 0 unspecified atom stereocenters. The molecule has 7 heteroatoms. The van der Waals surface area contributed by atoms with Crippen molar-refractivity contribution < 1.29 is 29.0 Å². The topological polar surface area (TPSA) is 102 Å². The molecule has 0 aliphatic heterocycles. The normalized spacial score (nSPS) is 11.7. The molecule has 0 radical (unpaired) electrons. The van der Waals surface area contributed by atoms with Crippen molar-refractivity contribution >= 4 is 17.8 Å². The van der Waals surface area contributed by atoms with Crippen molar-refractivity contribution in [2.75, 3.05) is 20.8 Å². The summed E-state index contributed by atoms with van der Waals surface area (Å²) in [6.07, 6.45) is 0.672. The minimum Gasteiger partial charge on any atom is -0.480 e. The number of methoxy groups -OCH3 is 2. The first-order valence-electron chi connectivity index (χ1n) is 5.59. The second-order valence-electron chi connectivity index (χ2n) is 3.67. The van der Waals surface area contributed by atoms with Gasteiger partial charge in [-0.15, -0.1) is 0 Å². The van der Waals surface area contributed by atoms with Gasteiger partial charge in [0, 0.05) is 26.6 Å². The molecule has 18 heavy (non-hydrogen) atoms. The summed E-state index contributed by atoms with van der Waals surface area (Å²) in [5.74, 6) is -2.04. The zero-order valence-electron chi connectivity index (χ0n) is 10.6. The first-order valence-corrected chi connectivity index (χ1v) is 5.59. The van der Waals surface area contributed by atoms with Crippen LogP contribution in [0.4, 0.5) is 0 Å². The summed E-state index contributed by atoms with van der Waals surface area (Å²) >= 11 is 0. The van der Waals surface area contributed by atoms with Crippen LogP contribution in [0, 0.1) is 0 Å².